The van der Waals surface area contributed by atoms with Crippen LogP contribution in [0.4, 0.5) is 0 Å². The fraction of sp³-hybridized carbons (Fsp3) is 1.00. The van der Waals surface area contributed by atoms with Gasteiger partial charge >= 0.3 is 0 Å². The van der Waals surface area contributed by atoms with Gasteiger partial charge in [0.25, 0.3) is 0 Å². The van der Waals surface area contributed by atoms with Gasteiger partial charge in [-0.1, -0.05) is 76.7 Å². The lowest BCUT2D eigenvalue weighted by Gasteiger charge is -2.10. The second kappa shape index (κ2) is 18.5. The van der Waals surface area contributed by atoms with Gasteiger partial charge in [0.05, 0.1) is 127 Å². The van der Waals surface area contributed by atoms with Gasteiger partial charge in [-0.3, -0.25) is 0 Å². The average Bonchev–Trinajstić information content (AvgIpc) is 3.93. The molecule has 298 valence electrons. The van der Waals surface area contributed by atoms with E-state index in [2.05, 4.69) is 69.2 Å². The normalized spacial score (nSPS) is 52.4. The zero-order chi connectivity index (χ0) is 35.7. The SMILES string of the molecule is C.C[C@@H]1CO[C@@H]2[C@H]1OC[C@H]2C.C[C@@H]1CO[C@H]2[C@@H]1OC[C@@H]2C.C[C@@H]1CO[C@H]2[C@@H]1OC[C@@H]2C.C[C@@H]1CO[C@H]2[C@@H]1OC[C@H]2C.C[C@H]1CO[C@H]2[C@@H]1OC[C@@H]2C. The highest BCUT2D eigenvalue weighted by Crippen LogP contribution is 2.37. The van der Waals surface area contributed by atoms with Gasteiger partial charge in [0.15, 0.2) is 0 Å². The highest BCUT2D eigenvalue weighted by Gasteiger charge is 2.46. The summed E-state index contributed by atoms with van der Waals surface area (Å²) in [7, 11) is 0. The molecule has 10 aliphatic heterocycles. The third-order valence-corrected chi connectivity index (χ3v) is 12.7. The molecule has 10 nitrogen and oxygen atoms in total. The first-order chi connectivity index (χ1) is 23.9. The molecule has 0 aliphatic carbocycles. The Labute approximate surface area is 309 Å². The van der Waals surface area contributed by atoms with E-state index in [-0.39, 0.29) is 7.43 Å². The van der Waals surface area contributed by atoms with Crippen LogP contribution in [0.5, 0.6) is 0 Å². The molecule has 10 heteroatoms. The van der Waals surface area contributed by atoms with Crippen molar-refractivity contribution in [1.82, 2.24) is 0 Å². The van der Waals surface area contributed by atoms with Gasteiger partial charge in [0, 0.05) is 59.2 Å². The van der Waals surface area contributed by atoms with Gasteiger partial charge < -0.3 is 47.4 Å². The second-order valence-electron chi connectivity index (χ2n) is 17.8. The molecule has 0 spiro atoms. The Kier molecular flexibility index (Phi) is 15.1. The van der Waals surface area contributed by atoms with Crippen LogP contribution in [0.25, 0.3) is 0 Å². The molecule has 0 amide bonds. The van der Waals surface area contributed by atoms with E-state index in [1.165, 1.54) is 0 Å². The fourth-order valence-corrected chi connectivity index (χ4v) is 9.41. The molecule has 0 radical (unpaired) electrons. The van der Waals surface area contributed by atoms with Gasteiger partial charge in [0.2, 0.25) is 0 Å². The van der Waals surface area contributed by atoms with Crippen LogP contribution in [0.2, 0.25) is 0 Å². The molecule has 20 atom stereocenters. The average molecular weight is 727 g/mol. The molecule has 0 aromatic rings. The predicted octanol–water partition coefficient (Wildman–Crippen LogP) is 5.92. The summed E-state index contributed by atoms with van der Waals surface area (Å²) in [5.41, 5.74) is 0. The summed E-state index contributed by atoms with van der Waals surface area (Å²) in [5.74, 6) is 6.06. The first kappa shape index (κ1) is 41.8. The van der Waals surface area contributed by atoms with Crippen molar-refractivity contribution in [2.45, 2.75) is 138 Å². The Morgan fingerprint density at radius 2 is 0.275 bits per heavy atom. The lowest BCUT2D eigenvalue weighted by atomic mass is 9.99. The minimum absolute atomic E-state index is 0. The summed E-state index contributed by atoms with van der Waals surface area (Å²) < 4.78 is 55.8. The number of rotatable bonds is 0. The van der Waals surface area contributed by atoms with E-state index in [9.17, 15) is 0 Å². The second-order valence-corrected chi connectivity index (χ2v) is 17.8. The Hall–Kier alpha value is -0.400. The maximum atomic E-state index is 5.58. The van der Waals surface area contributed by atoms with Crippen LogP contribution in [-0.4, -0.2) is 127 Å². The molecule has 0 unspecified atom stereocenters. The van der Waals surface area contributed by atoms with E-state index in [4.69, 9.17) is 47.4 Å². The third-order valence-electron chi connectivity index (χ3n) is 12.7. The molecule has 10 rings (SSSR count). The van der Waals surface area contributed by atoms with Crippen molar-refractivity contribution in [1.29, 1.82) is 0 Å². The number of fused-ring (bicyclic) bond motifs is 5. The number of ether oxygens (including phenoxy) is 10. The van der Waals surface area contributed by atoms with Crippen LogP contribution < -0.4 is 0 Å². The summed E-state index contributed by atoms with van der Waals surface area (Å²) in [6.45, 7) is 30.9. The molecule has 0 aromatic heterocycles. The van der Waals surface area contributed by atoms with E-state index in [1.54, 1.807) is 0 Å². The molecule has 0 saturated carbocycles. The largest absolute Gasteiger partial charge is 0.375 e. The van der Waals surface area contributed by atoms with Crippen molar-refractivity contribution >= 4 is 0 Å². The molecule has 10 saturated heterocycles. The molecule has 10 aliphatic rings. The highest BCUT2D eigenvalue weighted by molar-refractivity contribution is 4.93. The Morgan fingerprint density at radius 3 is 0.353 bits per heavy atom. The van der Waals surface area contributed by atoms with Gasteiger partial charge in [-0.2, -0.15) is 0 Å². The smallest absolute Gasteiger partial charge is 0.0887 e. The maximum Gasteiger partial charge on any atom is 0.0887 e. The van der Waals surface area contributed by atoms with Crippen molar-refractivity contribution in [3.05, 3.63) is 0 Å². The third kappa shape index (κ3) is 9.36. The maximum absolute atomic E-state index is 5.58. The minimum Gasteiger partial charge on any atom is -0.375 e. The van der Waals surface area contributed by atoms with Crippen LogP contribution in [0.15, 0.2) is 0 Å². The molecular formula is C41H74O10. The lowest BCUT2D eigenvalue weighted by molar-refractivity contribution is 0.0627. The van der Waals surface area contributed by atoms with Gasteiger partial charge in [0.1, 0.15) is 0 Å². The van der Waals surface area contributed by atoms with Crippen LogP contribution in [0.1, 0.15) is 76.7 Å². The van der Waals surface area contributed by atoms with Crippen molar-refractivity contribution < 1.29 is 47.4 Å². The van der Waals surface area contributed by atoms with Crippen LogP contribution in [0.3, 0.4) is 0 Å². The first-order valence-electron chi connectivity index (χ1n) is 20.1. The van der Waals surface area contributed by atoms with E-state index >= 15 is 0 Å². The van der Waals surface area contributed by atoms with Gasteiger partial charge in [-0.05, 0) is 0 Å². The summed E-state index contributed by atoms with van der Waals surface area (Å²) in [5, 5.41) is 0. The zero-order valence-electron chi connectivity index (χ0n) is 32.7. The Bertz CT molecular complexity index is 782. The van der Waals surface area contributed by atoms with Crippen molar-refractivity contribution in [3.8, 4) is 0 Å². The number of hydrogen-bond acceptors (Lipinski definition) is 10. The van der Waals surface area contributed by atoms with Crippen molar-refractivity contribution in [2.24, 2.45) is 59.2 Å². The summed E-state index contributed by atoms with van der Waals surface area (Å²) in [4.78, 5) is 0. The molecule has 10 heterocycles. The minimum atomic E-state index is 0. The van der Waals surface area contributed by atoms with E-state index < -0.39 is 0 Å². The van der Waals surface area contributed by atoms with Gasteiger partial charge in [-0.15, -0.1) is 0 Å². The van der Waals surface area contributed by atoms with Gasteiger partial charge in [-0.25, -0.2) is 0 Å². The highest BCUT2D eigenvalue weighted by atomic mass is 16.6. The van der Waals surface area contributed by atoms with Crippen molar-refractivity contribution in [3.63, 3.8) is 0 Å². The summed E-state index contributed by atoms with van der Waals surface area (Å²) in [6.07, 6.45) is 3.98. The quantitative estimate of drug-likeness (QED) is 0.300. The molecule has 51 heavy (non-hydrogen) atoms. The molecule has 10 fully saturated rings. The summed E-state index contributed by atoms with van der Waals surface area (Å²) in [6, 6.07) is 0. The zero-order valence-corrected chi connectivity index (χ0v) is 32.7. The fourth-order valence-electron chi connectivity index (χ4n) is 9.41. The van der Waals surface area contributed by atoms with Crippen molar-refractivity contribution in [2.75, 3.05) is 66.1 Å². The monoisotopic (exact) mass is 727 g/mol. The van der Waals surface area contributed by atoms with Crippen LogP contribution >= 0.6 is 0 Å². The molecule has 0 bridgehead atoms. The van der Waals surface area contributed by atoms with Crippen LogP contribution in [-0.2, 0) is 47.4 Å². The molecule has 0 N–H and O–H groups in total. The lowest BCUT2D eigenvalue weighted by Crippen LogP contribution is -2.23. The molecular weight excluding hydrogens is 652 g/mol. The van der Waals surface area contributed by atoms with Crippen LogP contribution in [0, 0.1) is 59.2 Å². The standard InChI is InChI=1S/5C8H14O2.CH4/c5*1-5-3-9-8-6(2)4-10-7(5)8;/h5*5-8H,3-4H2,1-2H3;1H4/t2*5-,6+,7-,8-;2*5-,6-,7+,8+;5-,6-,7-,8-;/m11101./s1. The Balaban J connectivity index is 0.000000123. The topological polar surface area (TPSA) is 92.3 Å². The molecule has 0 aromatic carbocycles. The van der Waals surface area contributed by atoms with E-state index in [0.717, 1.165) is 66.1 Å². The Morgan fingerprint density at radius 1 is 0.196 bits per heavy atom. The summed E-state index contributed by atoms with van der Waals surface area (Å²) >= 11 is 0. The number of hydrogen-bond donors (Lipinski definition) is 0. The predicted molar refractivity (Wildman–Crippen MR) is 196 cm³/mol. The first-order valence-corrected chi connectivity index (χ1v) is 20.1. The van der Waals surface area contributed by atoms with E-state index in [1.807, 2.05) is 0 Å². The van der Waals surface area contributed by atoms with E-state index in [0.29, 0.717) is 120 Å².